The first-order valence-corrected chi connectivity index (χ1v) is 5.26. The minimum absolute atomic E-state index is 0.708. The van der Waals surface area contributed by atoms with Gasteiger partial charge in [-0.05, 0) is 0 Å². The van der Waals surface area contributed by atoms with Crippen molar-refractivity contribution >= 4 is 27.7 Å². The number of hydrogen-bond donors (Lipinski definition) is 0. The van der Waals surface area contributed by atoms with Crippen molar-refractivity contribution in [2.24, 2.45) is 0 Å². The molecule has 1 aromatic rings. The Morgan fingerprint density at radius 1 is 1.00 bits per heavy atom. The molecule has 0 aromatic heterocycles. The van der Waals surface area contributed by atoms with Crippen molar-refractivity contribution in [1.29, 1.82) is 0 Å². The van der Waals surface area contributed by atoms with Gasteiger partial charge in [-0.1, -0.05) is 0 Å². The average Bonchev–Trinajstić information content (AvgIpc) is 1.69. The molecule has 0 aliphatic rings. The van der Waals surface area contributed by atoms with Crippen molar-refractivity contribution in [3.63, 3.8) is 0 Å². The fraction of sp³-hybridized carbons (Fsp3) is 0. The maximum absolute atomic E-state index is 2.18. The number of benzene rings is 1. The Bertz CT molecular complexity index is 134. The standard InChI is InChI=1S/C6H5.In.2H/c1-2-4-6-5-3-1;;;/h1-5H;;;. The van der Waals surface area contributed by atoms with E-state index in [1.165, 1.54) is 3.32 Å². The van der Waals surface area contributed by atoms with E-state index in [0.29, 0.717) is 24.4 Å². The van der Waals surface area contributed by atoms with Gasteiger partial charge in [-0.2, -0.15) is 0 Å². The van der Waals surface area contributed by atoms with Crippen molar-refractivity contribution in [3.05, 3.63) is 30.3 Å². The summed E-state index contributed by atoms with van der Waals surface area (Å²) in [5.74, 6) is 0. The van der Waals surface area contributed by atoms with Crippen LogP contribution in [0.5, 0.6) is 0 Å². The van der Waals surface area contributed by atoms with Gasteiger partial charge in [0.2, 0.25) is 0 Å². The molecule has 7 heavy (non-hydrogen) atoms. The molecule has 0 radical (unpaired) electrons. The summed E-state index contributed by atoms with van der Waals surface area (Å²) in [7, 11) is 0. The molecule has 0 N–H and O–H groups in total. The summed E-state index contributed by atoms with van der Waals surface area (Å²) in [5, 5.41) is 0. The van der Waals surface area contributed by atoms with Crippen LogP contribution in [0.3, 0.4) is 0 Å². The van der Waals surface area contributed by atoms with Crippen molar-refractivity contribution in [1.82, 2.24) is 0 Å². The van der Waals surface area contributed by atoms with Gasteiger partial charge >= 0.3 is 58.0 Å². The summed E-state index contributed by atoms with van der Waals surface area (Å²) < 4.78 is 1.53. The van der Waals surface area contributed by atoms with Gasteiger partial charge in [-0.3, -0.25) is 0 Å². The summed E-state index contributed by atoms with van der Waals surface area (Å²) in [5.41, 5.74) is 0. The monoisotopic (exact) mass is 194 g/mol. The maximum atomic E-state index is 2.18. The van der Waals surface area contributed by atoms with Gasteiger partial charge in [0.1, 0.15) is 0 Å². The van der Waals surface area contributed by atoms with Crippen LogP contribution in [0.1, 0.15) is 0 Å². The Labute approximate surface area is 58.1 Å². The van der Waals surface area contributed by atoms with Crippen LogP contribution < -0.4 is 3.32 Å². The van der Waals surface area contributed by atoms with Crippen LogP contribution in [0.25, 0.3) is 0 Å². The van der Waals surface area contributed by atoms with Crippen molar-refractivity contribution in [2.45, 2.75) is 0 Å². The zero-order chi connectivity index (χ0) is 5.11. The van der Waals surface area contributed by atoms with Gasteiger partial charge in [-0.15, -0.1) is 0 Å². The Morgan fingerprint density at radius 3 is 1.86 bits per heavy atom. The van der Waals surface area contributed by atoms with Crippen LogP contribution in [0, 0.1) is 0 Å². The zero-order valence-corrected chi connectivity index (χ0v) is 10.1. The molecule has 0 unspecified atom stereocenters. The topological polar surface area (TPSA) is 0 Å². The fourth-order valence-electron chi connectivity index (χ4n) is 0.534. The second-order valence-corrected chi connectivity index (χ2v) is 4.95. The van der Waals surface area contributed by atoms with Crippen LogP contribution in [-0.2, 0) is 0 Å². The predicted octanol–water partition coefficient (Wildman–Crippen LogP) is -0.0550. The second-order valence-electron chi connectivity index (χ2n) is 1.65. The molecule has 0 aliphatic heterocycles. The third-order valence-electron chi connectivity index (χ3n) is 0.940. The molecule has 0 saturated heterocycles. The first-order valence-electron chi connectivity index (χ1n) is 2.41. The van der Waals surface area contributed by atoms with E-state index in [-0.39, 0.29) is 0 Å². The van der Waals surface area contributed by atoms with Crippen molar-refractivity contribution in [3.8, 4) is 0 Å². The van der Waals surface area contributed by atoms with E-state index in [1.54, 1.807) is 0 Å². The van der Waals surface area contributed by atoms with Gasteiger partial charge in [0, 0.05) is 0 Å². The van der Waals surface area contributed by atoms with Crippen LogP contribution in [0.4, 0.5) is 0 Å². The SMILES string of the molecule is [InH2][c]1ccccc1. The Hall–Kier alpha value is 0.0901. The van der Waals surface area contributed by atoms with Crippen LogP contribution in [0.15, 0.2) is 30.3 Å². The van der Waals surface area contributed by atoms with E-state index < -0.39 is 0 Å². The van der Waals surface area contributed by atoms with Crippen molar-refractivity contribution in [2.75, 3.05) is 0 Å². The van der Waals surface area contributed by atoms with E-state index in [0.717, 1.165) is 0 Å². The fourth-order valence-corrected chi connectivity index (χ4v) is 1.63. The van der Waals surface area contributed by atoms with Gasteiger partial charge < -0.3 is 0 Å². The third kappa shape index (κ3) is 1.56. The van der Waals surface area contributed by atoms with E-state index in [4.69, 9.17) is 0 Å². The van der Waals surface area contributed by atoms with E-state index in [9.17, 15) is 0 Å². The summed E-state index contributed by atoms with van der Waals surface area (Å²) in [6.45, 7) is 0. The first-order chi connectivity index (χ1) is 3.39. The molecule has 0 amide bonds. The summed E-state index contributed by atoms with van der Waals surface area (Å²) in [4.78, 5) is 0. The van der Waals surface area contributed by atoms with E-state index >= 15 is 0 Å². The van der Waals surface area contributed by atoms with Crippen LogP contribution in [-0.4, -0.2) is 24.4 Å². The number of rotatable bonds is 0. The molecule has 0 heterocycles. The summed E-state index contributed by atoms with van der Waals surface area (Å²) >= 11 is 0.708. The number of hydrogen-bond acceptors (Lipinski definition) is 0. The molecule has 0 aliphatic carbocycles. The Morgan fingerprint density at radius 2 is 1.57 bits per heavy atom. The van der Waals surface area contributed by atoms with E-state index in [1.807, 2.05) is 0 Å². The van der Waals surface area contributed by atoms with Gasteiger partial charge in [-0.25, -0.2) is 0 Å². The van der Waals surface area contributed by atoms with Gasteiger partial charge in [0.25, 0.3) is 0 Å². The molecule has 0 nitrogen and oxygen atoms in total. The zero-order valence-electron chi connectivity index (χ0n) is 4.39. The summed E-state index contributed by atoms with van der Waals surface area (Å²) in [6, 6.07) is 10.6. The third-order valence-corrected chi connectivity index (χ3v) is 2.84. The normalized spacial score (nSPS) is 8.57. The molecule has 0 bridgehead atoms. The van der Waals surface area contributed by atoms with Gasteiger partial charge in [0.05, 0.1) is 0 Å². The van der Waals surface area contributed by atoms with Crippen LogP contribution >= 0.6 is 0 Å². The molecule has 1 aromatic carbocycles. The Balaban J connectivity index is 3.02. The molecule has 1 rings (SSSR count). The molecular formula is C6H7In. The minimum atomic E-state index is 0.708. The molecule has 0 spiro atoms. The van der Waals surface area contributed by atoms with Crippen LogP contribution in [0.2, 0.25) is 0 Å². The summed E-state index contributed by atoms with van der Waals surface area (Å²) in [6.07, 6.45) is 0. The molecule has 0 atom stereocenters. The van der Waals surface area contributed by atoms with Crippen molar-refractivity contribution < 1.29 is 0 Å². The molecule has 34 valence electrons. The average molecular weight is 194 g/mol. The Kier molecular flexibility index (Phi) is 1.80. The second kappa shape index (κ2) is 2.41. The first kappa shape index (κ1) is 5.23. The molecule has 0 fully saturated rings. The predicted molar refractivity (Wildman–Crippen MR) is 34.6 cm³/mol. The quantitative estimate of drug-likeness (QED) is 0.542. The van der Waals surface area contributed by atoms with E-state index in [2.05, 4.69) is 30.3 Å². The molecular weight excluding hydrogens is 187 g/mol. The molecule has 0 saturated carbocycles. The van der Waals surface area contributed by atoms with Gasteiger partial charge in [0.15, 0.2) is 0 Å². The molecule has 1 heteroatoms.